The van der Waals surface area contributed by atoms with Crippen LogP contribution < -0.4 is 5.73 Å². The van der Waals surface area contributed by atoms with Gasteiger partial charge in [0.1, 0.15) is 12.8 Å². The van der Waals surface area contributed by atoms with Crippen molar-refractivity contribution in [2.24, 2.45) is 5.73 Å². The zero-order valence-electron chi connectivity index (χ0n) is 7.25. The lowest BCUT2D eigenvalue weighted by Gasteiger charge is -2.17. The minimum absolute atomic E-state index is 0.0288. The summed E-state index contributed by atoms with van der Waals surface area (Å²) < 4.78 is 21.2. The number of methoxy groups -OCH3 is 2. The Kier molecular flexibility index (Phi) is 5.57. The fourth-order valence-corrected chi connectivity index (χ4v) is 0.759. The Morgan fingerprint density at radius 3 is 2.50 bits per heavy atom. The van der Waals surface area contributed by atoms with Crippen LogP contribution in [-0.4, -0.2) is 39.0 Å². The fraction of sp³-hybridized carbons (Fsp3) is 0.857. The maximum absolute atomic E-state index is 12.1. The second-order valence-electron chi connectivity index (χ2n) is 2.37. The minimum Gasteiger partial charge on any atom is -0.469 e. The Balaban J connectivity index is 3.83. The van der Waals surface area contributed by atoms with Gasteiger partial charge in [0.2, 0.25) is 0 Å². The van der Waals surface area contributed by atoms with E-state index in [1.54, 1.807) is 0 Å². The summed E-state index contributed by atoms with van der Waals surface area (Å²) in [6.07, 6.45) is -0.761. The number of nitrogens with two attached hydrogens (primary N) is 1. The van der Waals surface area contributed by atoms with E-state index >= 15 is 0 Å². The van der Waals surface area contributed by atoms with Gasteiger partial charge in [-0.05, 0) is 0 Å². The minimum atomic E-state index is -0.732. The van der Waals surface area contributed by atoms with Crippen molar-refractivity contribution in [3.05, 3.63) is 0 Å². The van der Waals surface area contributed by atoms with Crippen LogP contribution in [0.3, 0.4) is 0 Å². The lowest BCUT2D eigenvalue weighted by molar-refractivity contribution is -0.141. The molecule has 0 radical (unpaired) electrons. The summed E-state index contributed by atoms with van der Waals surface area (Å²) >= 11 is 0. The number of rotatable bonds is 5. The molecular weight excluding hydrogens is 165 g/mol. The van der Waals surface area contributed by atoms with E-state index in [1.165, 1.54) is 14.2 Å². The van der Waals surface area contributed by atoms with Gasteiger partial charge in [0.15, 0.2) is 0 Å². The molecule has 0 saturated carbocycles. The van der Waals surface area contributed by atoms with Crippen molar-refractivity contribution in [3.8, 4) is 0 Å². The molecule has 12 heavy (non-hydrogen) atoms. The van der Waals surface area contributed by atoms with E-state index in [2.05, 4.69) is 4.74 Å². The molecule has 0 aromatic carbocycles. The molecule has 2 atom stereocenters. The predicted molar refractivity (Wildman–Crippen MR) is 41.4 cm³/mol. The Morgan fingerprint density at radius 2 is 2.17 bits per heavy atom. The van der Waals surface area contributed by atoms with Gasteiger partial charge >= 0.3 is 5.97 Å². The fourth-order valence-electron chi connectivity index (χ4n) is 0.759. The van der Waals surface area contributed by atoms with Crippen LogP contribution in [0.1, 0.15) is 6.42 Å². The van der Waals surface area contributed by atoms with Crippen molar-refractivity contribution in [3.63, 3.8) is 0 Å². The van der Waals surface area contributed by atoms with E-state index < -0.39 is 24.8 Å². The SMILES string of the molecule is COC(=O)C[C@H](N)[C@@H](CF)OC. The van der Waals surface area contributed by atoms with Gasteiger partial charge in [0.05, 0.1) is 13.5 Å². The highest BCUT2D eigenvalue weighted by molar-refractivity contribution is 5.69. The van der Waals surface area contributed by atoms with Gasteiger partial charge in [-0.2, -0.15) is 0 Å². The third kappa shape index (κ3) is 3.64. The number of carbonyl (C=O) groups excluding carboxylic acids is 1. The van der Waals surface area contributed by atoms with E-state index in [1.807, 2.05) is 0 Å². The van der Waals surface area contributed by atoms with Crippen LogP contribution in [0.15, 0.2) is 0 Å². The first-order chi connectivity index (χ1) is 5.65. The van der Waals surface area contributed by atoms with Crippen LogP contribution in [0.2, 0.25) is 0 Å². The number of halogens is 1. The standard InChI is InChI=1S/C7H14FNO3/c1-11-6(4-8)5(9)3-7(10)12-2/h5-6H,3-4,9H2,1-2H3/t5-,6+/m0/s1. The predicted octanol–water partition coefficient (Wildman–Crippen LogP) is -0.139. The monoisotopic (exact) mass is 179 g/mol. The molecule has 0 unspecified atom stereocenters. The van der Waals surface area contributed by atoms with E-state index in [9.17, 15) is 9.18 Å². The second kappa shape index (κ2) is 5.91. The van der Waals surface area contributed by atoms with Crippen LogP contribution in [0.25, 0.3) is 0 Å². The maximum atomic E-state index is 12.1. The summed E-state index contributed by atoms with van der Waals surface area (Å²) in [7, 11) is 2.60. The molecule has 4 nitrogen and oxygen atoms in total. The van der Waals surface area contributed by atoms with Gasteiger partial charge in [-0.1, -0.05) is 0 Å². The third-order valence-electron chi connectivity index (χ3n) is 1.56. The number of alkyl halides is 1. The molecule has 0 saturated heterocycles. The van der Waals surface area contributed by atoms with Crippen LogP contribution in [0.4, 0.5) is 4.39 Å². The molecule has 0 rings (SSSR count). The van der Waals surface area contributed by atoms with Crippen molar-refractivity contribution in [2.45, 2.75) is 18.6 Å². The quantitative estimate of drug-likeness (QED) is 0.597. The number of carbonyl (C=O) groups is 1. The van der Waals surface area contributed by atoms with E-state index in [0.29, 0.717) is 0 Å². The first kappa shape index (κ1) is 11.3. The van der Waals surface area contributed by atoms with E-state index in [4.69, 9.17) is 10.5 Å². The first-order valence-corrected chi connectivity index (χ1v) is 3.56. The third-order valence-corrected chi connectivity index (χ3v) is 1.56. The average Bonchev–Trinajstić information content (AvgIpc) is 2.06. The Hall–Kier alpha value is -0.680. The molecule has 0 aromatic heterocycles. The molecule has 0 aliphatic rings. The smallest absolute Gasteiger partial charge is 0.307 e. The molecule has 0 aliphatic heterocycles. The highest BCUT2D eigenvalue weighted by Crippen LogP contribution is 2.02. The first-order valence-electron chi connectivity index (χ1n) is 3.56. The van der Waals surface area contributed by atoms with Crippen LogP contribution >= 0.6 is 0 Å². The van der Waals surface area contributed by atoms with Crippen molar-refractivity contribution in [1.29, 1.82) is 0 Å². The lowest BCUT2D eigenvalue weighted by atomic mass is 10.1. The second-order valence-corrected chi connectivity index (χ2v) is 2.37. The Labute approximate surface area is 70.8 Å². The molecule has 0 fully saturated rings. The number of ether oxygens (including phenoxy) is 2. The van der Waals surface area contributed by atoms with Crippen LogP contribution in [0.5, 0.6) is 0 Å². The zero-order valence-corrected chi connectivity index (χ0v) is 7.25. The normalized spacial score (nSPS) is 15.3. The van der Waals surface area contributed by atoms with Gasteiger partial charge in [-0.15, -0.1) is 0 Å². The number of hydrogen-bond acceptors (Lipinski definition) is 4. The molecule has 5 heteroatoms. The molecule has 0 aromatic rings. The van der Waals surface area contributed by atoms with Crippen molar-refractivity contribution in [2.75, 3.05) is 20.9 Å². The molecule has 0 amide bonds. The van der Waals surface area contributed by atoms with Gasteiger partial charge in [-0.3, -0.25) is 4.79 Å². The summed E-state index contributed by atoms with van der Waals surface area (Å²) in [6, 6.07) is -0.646. The highest BCUT2D eigenvalue weighted by atomic mass is 19.1. The summed E-state index contributed by atoms with van der Waals surface area (Å²) in [4.78, 5) is 10.7. The highest BCUT2D eigenvalue weighted by Gasteiger charge is 2.20. The van der Waals surface area contributed by atoms with E-state index in [0.717, 1.165) is 0 Å². The molecule has 0 spiro atoms. The van der Waals surface area contributed by atoms with Crippen molar-refractivity contribution < 1.29 is 18.7 Å². The molecule has 0 bridgehead atoms. The largest absolute Gasteiger partial charge is 0.469 e. The Morgan fingerprint density at radius 1 is 1.58 bits per heavy atom. The number of esters is 1. The summed E-state index contributed by atoms with van der Waals surface area (Å²) in [5, 5.41) is 0. The molecule has 0 aliphatic carbocycles. The van der Waals surface area contributed by atoms with Gasteiger partial charge < -0.3 is 15.2 Å². The molecule has 72 valence electrons. The summed E-state index contributed by atoms with van der Waals surface area (Å²) in [5.74, 6) is -0.460. The zero-order chi connectivity index (χ0) is 9.56. The van der Waals surface area contributed by atoms with Gasteiger partial charge in [-0.25, -0.2) is 4.39 Å². The molecular formula is C7H14FNO3. The lowest BCUT2D eigenvalue weighted by Crippen LogP contribution is -2.39. The Bertz CT molecular complexity index is 139. The van der Waals surface area contributed by atoms with Crippen molar-refractivity contribution in [1.82, 2.24) is 0 Å². The summed E-state index contributed by atoms with van der Waals surface area (Å²) in [6.45, 7) is -0.700. The van der Waals surface area contributed by atoms with Gasteiger partial charge in [0.25, 0.3) is 0 Å². The van der Waals surface area contributed by atoms with Crippen LogP contribution in [0, 0.1) is 0 Å². The average molecular weight is 179 g/mol. The topological polar surface area (TPSA) is 61.5 Å². The van der Waals surface area contributed by atoms with E-state index in [-0.39, 0.29) is 6.42 Å². The van der Waals surface area contributed by atoms with Crippen molar-refractivity contribution >= 4 is 5.97 Å². The van der Waals surface area contributed by atoms with Crippen LogP contribution in [-0.2, 0) is 14.3 Å². The summed E-state index contributed by atoms with van der Waals surface area (Å²) in [5.41, 5.74) is 5.45. The maximum Gasteiger partial charge on any atom is 0.307 e. The molecule has 0 heterocycles. The van der Waals surface area contributed by atoms with Gasteiger partial charge in [0, 0.05) is 13.2 Å². The molecule has 2 N–H and O–H groups in total. The number of hydrogen-bond donors (Lipinski definition) is 1.